The van der Waals surface area contributed by atoms with Crippen LogP contribution in [0.1, 0.15) is 10.4 Å². The first-order valence-electron chi connectivity index (χ1n) is 7.21. The summed E-state index contributed by atoms with van der Waals surface area (Å²) in [6.07, 6.45) is 1.79. The zero-order valence-electron chi connectivity index (χ0n) is 12.2. The van der Waals surface area contributed by atoms with Crippen molar-refractivity contribution in [2.75, 3.05) is 5.32 Å². The van der Waals surface area contributed by atoms with Gasteiger partial charge in [0.15, 0.2) is 5.13 Å². The Morgan fingerprint density at radius 2 is 1.79 bits per heavy atom. The van der Waals surface area contributed by atoms with Crippen molar-refractivity contribution in [3.05, 3.63) is 61.7 Å². The Balaban J connectivity index is 1.71. The summed E-state index contributed by atoms with van der Waals surface area (Å²) in [5.41, 5.74) is 3.54. The normalized spacial score (nSPS) is 12.7. The van der Waals surface area contributed by atoms with Crippen molar-refractivity contribution in [1.29, 1.82) is 0 Å². The summed E-state index contributed by atoms with van der Waals surface area (Å²) >= 11 is 19.6. The van der Waals surface area contributed by atoms with Gasteiger partial charge >= 0.3 is 0 Å². The van der Waals surface area contributed by atoms with E-state index < -0.39 is 0 Å². The third kappa shape index (κ3) is 2.88. The second kappa shape index (κ2) is 6.19. The molecule has 24 heavy (non-hydrogen) atoms. The minimum absolute atomic E-state index is 0.250. The van der Waals surface area contributed by atoms with E-state index in [1.807, 2.05) is 6.07 Å². The third-order valence-electron chi connectivity index (χ3n) is 3.88. The van der Waals surface area contributed by atoms with Crippen LogP contribution in [0.15, 0.2) is 30.3 Å². The topological polar surface area (TPSA) is 24.9 Å². The van der Waals surface area contributed by atoms with E-state index in [2.05, 4.69) is 10.3 Å². The van der Waals surface area contributed by atoms with E-state index in [0.29, 0.717) is 25.9 Å². The monoisotopic (exact) mass is 398 g/mol. The van der Waals surface area contributed by atoms with Gasteiger partial charge in [-0.05, 0) is 42.7 Å². The number of thiazole rings is 1. The first-order chi connectivity index (χ1) is 11.5. The van der Waals surface area contributed by atoms with E-state index in [1.165, 1.54) is 6.07 Å². The molecule has 0 unspecified atom stereocenters. The van der Waals surface area contributed by atoms with Gasteiger partial charge in [0, 0.05) is 16.1 Å². The van der Waals surface area contributed by atoms with Crippen LogP contribution in [0.2, 0.25) is 15.1 Å². The van der Waals surface area contributed by atoms with E-state index >= 15 is 0 Å². The Morgan fingerprint density at radius 1 is 1.04 bits per heavy atom. The molecule has 0 bridgehead atoms. The van der Waals surface area contributed by atoms with Gasteiger partial charge in [-0.25, -0.2) is 9.37 Å². The summed E-state index contributed by atoms with van der Waals surface area (Å²) < 4.78 is 13.6. The number of halogens is 4. The Bertz CT molecular complexity index is 932. The third-order valence-corrected chi connectivity index (χ3v) is 6.11. The lowest BCUT2D eigenvalue weighted by Crippen LogP contribution is -2.02. The van der Waals surface area contributed by atoms with Crippen LogP contribution in [0.5, 0.6) is 0 Å². The zero-order valence-corrected chi connectivity index (χ0v) is 15.3. The maximum absolute atomic E-state index is 13.6. The average molecular weight is 400 g/mol. The highest BCUT2D eigenvalue weighted by Gasteiger charge is 2.21. The molecule has 0 aliphatic heterocycles. The van der Waals surface area contributed by atoms with Crippen molar-refractivity contribution in [3.8, 4) is 11.3 Å². The molecular formula is C17H10Cl3FN2S. The molecule has 1 aliphatic carbocycles. The molecule has 2 aromatic carbocycles. The van der Waals surface area contributed by atoms with Crippen LogP contribution < -0.4 is 5.32 Å². The van der Waals surface area contributed by atoms with E-state index in [1.54, 1.807) is 29.5 Å². The smallest absolute Gasteiger partial charge is 0.187 e. The van der Waals surface area contributed by atoms with E-state index in [9.17, 15) is 4.39 Å². The quantitative estimate of drug-likeness (QED) is 0.482. The van der Waals surface area contributed by atoms with Gasteiger partial charge in [0.1, 0.15) is 5.82 Å². The van der Waals surface area contributed by atoms with E-state index in [-0.39, 0.29) is 5.82 Å². The van der Waals surface area contributed by atoms with Crippen LogP contribution in [-0.2, 0) is 12.8 Å². The molecule has 4 rings (SSSR count). The number of anilines is 2. The molecular weight excluding hydrogens is 390 g/mol. The van der Waals surface area contributed by atoms with Gasteiger partial charge in [0.2, 0.25) is 0 Å². The fourth-order valence-corrected chi connectivity index (χ4v) is 4.36. The van der Waals surface area contributed by atoms with Gasteiger partial charge in [-0.3, -0.25) is 0 Å². The lowest BCUT2D eigenvalue weighted by atomic mass is 9.93. The summed E-state index contributed by atoms with van der Waals surface area (Å²) in [5.74, 6) is -0.250. The molecule has 0 fully saturated rings. The molecule has 0 atom stereocenters. The van der Waals surface area contributed by atoms with Crippen LogP contribution in [0.25, 0.3) is 11.3 Å². The first-order valence-corrected chi connectivity index (χ1v) is 9.16. The molecule has 1 N–H and O–H groups in total. The number of nitrogens with one attached hydrogen (secondary N) is 1. The molecule has 0 saturated heterocycles. The second-order valence-electron chi connectivity index (χ2n) is 5.47. The van der Waals surface area contributed by atoms with Crippen LogP contribution in [-0.4, -0.2) is 4.98 Å². The molecule has 1 aliphatic rings. The van der Waals surface area contributed by atoms with E-state index in [4.69, 9.17) is 34.8 Å². The highest BCUT2D eigenvalue weighted by molar-refractivity contribution is 7.16. The molecule has 7 heteroatoms. The Morgan fingerprint density at radius 3 is 2.54 bits per heavy atom. The number of aryl methyl sites for hydroxylation is 2. The number of hydrogen-bond donors (Lipinski definition) is 1. The first kappa shape index (κ1) is 16.2. The van der Waals surface area contributed by atoms with Crippen LogP contribution >= 0.6 is 46.1 Å². The molecule has 1 aromatic heterocycles. The number of hydrogen-bond acceptors (Lipinski definition) is 3. The van der Waals surface area contributed by atoms with Crippen molar-refractivity contribution in [3.63, 3.8) is 0 Å². The Labute approximate surface area is 157 Å². The SMILES string of the molecule is Fc1ccc2c(c1)-c1nc(Nc3cc(Cl)c(Cl)c(Cl)c3)sc1CC2. The summed E-state index contributed by atoms with van der Waals surface area (Å²) in [6.45, 7) is 0. The predicted octanol–water partition coefficient (Wildman–Crippen LogP) is 6.75. The summed E-state index contributed by atoms with van der Waals surface area (Å²) in [6, 6.07) is 8.27. The second-order valence-corrected chi connectivity index (χ2v) is 7.75. The van der Waals surface area contributed by atoms with Gasteiger partial charge in [-0.15, -0.1) is 11.3 Å². The molecule has 3 aromatic rings. The number of aromatic nitrogens is 1. The number of nitrogens with zero attached hydrogens (tertiary/aromatic N) is 1. The summed E-state index contributed by atoms with van der Waals surface area (Å²) in [7, 11) is 0. The van der Waals surface area contributed by atoms with Crippen molar-refractivity contribution < 1.29 is 4.39 Å². The standard InChI is InChI=1S/C17H10Cl3FN2S/c18-12-6-10(7-13(19)15(12)20)22-17-23-16-11-5-9(21)3-1-8(11)2-4-14(16)24-17/h1,3,5-7H,2,4H2,(H,22,23). The molecule has 0 amide bonds. The zero-order chi connectivity index (χ0) is 16.8. The highest BCUT2D eigenvalue weighted by Crippen LogP contribution is 2.40. The predicted molar refractivity (Wildman–Crippen MR) is 99.7 cm³/mol. The Kier molecular flexibility index (Phi) is 4.17. The van der Waals surface area contributed by atoms with Crippen LogP contribution in [0, 0.1) is 5.82 Å². The van der Waals surface area contributed by atoms with E-state index in [0.717, 1.165) is 34.5 Å². The van der Waals surface area contributed by atoms with Gasteiger partial charge in [-0.2, -0.15) is 0 Å². The van der Waals surface area contributed by atoms with Crippen molar-refractivity contribution in [2.24, 2.45) is 0 Å². The maximum Gasteiger partial charge on any atom is 0.187 e. The lowest BCUT2D eigenvalue weighted by molar-refractivity contribution is 0.627. The largest absolute Gasteiger partial charge is 0.331 e. The van der Waals surface area contributed by atoms with Crippen molar-refractivity contribution >= 4 is 57.0 Å². The summed E-state index contributed by atoms with van der Waals surface area (Å²) in [4.78, 5) is 5.77. The van der Waals surface area contributed by atoms with Gasteiger partial charge < -0.3 is 5.32 Å². The summed E-state index contributed by atoms with van der Waals surface area (Å²) in [5, 5.41) is 4.99. The molecule has 2 nitrogen and oxygen atoms in total. The fraction of sp³-hybridized carbons (Fsp3) is 0.118. The molecule has 1 heterocycles. The number of rotatable bonds is 2. The number of fused-ring (bicyclic) bond motifs is 3. The molecule has 0 spiro atoms. The minimum Gasteiger partial charge on any atom is -0.331 e. The maximum atomic E-state index is 13.6. The average Bonchev–Trinajstić information content (AvgIpc) is 2.95. The molecule has 122 valence electrons. The highest BCUT2D eigenvalue weighted by atomic mass is 35.5. The Hall–Kier alpha value is -1.33. The van der Waals surface area contributed by atoms with Gasteiger partial charge in [-0.1, -0.05) is 40.9 Å². The van der Waals surface area contributed by atoms with Crippen LogP contribution in [0.3, 0.4) is 0 Å². The van der Waals surface area contributed by atoms with Gasteiger partial charge in [0.25, 0.3) is 0 Å². The molecule has 0 saturated carbocycles. The fourth-order valence-electron chi connectivity index (χ4n) is 2.77. The van der Waals surface area contributed by atoms with Gasteiger partial charge in [0.05, 0.1) is 20.8 Å². The lowest BCUT2D eigenvalue weighted by Gasteiger charge is -2.14. The number of benzene rings is 2. The minimum atomic E-state index is -0.250. The van der Waals surface area contributed by atoms with Crippen LogP contribution in [0.4, 0.5) is 15.2 Å². The molecule has 0 radical (unpaired) electrons. The van der Waals surface area contributed by atoms with Crippen molar-refractivity contribution in [1.82, 2.24) is 4.98 Å². The van der Waals surface area contributed by atoms with Crippen molar-refractivity contribution in [2.45, 2.75) is 12.8 Å².